The number of benzene rings is 1. The van der Waals surface area contributed by atoms with Gasteiger partial charge in [-0.15, -0.1) is 0 Å². The summed E-state index contributed by atoms with van der Waals surface area (Å²) in [4.78, 5) is 6.09. The van der Waals surface area contributed by atoms with Crippen molar-refractivity contribution in [1.29, 1.82) is 5.26 Å². The maximum absolute atomic E-state index is 12.9. The Hall–Kier alpha value is -2.53. The van der Waals surface area contributed by atoms with Gasteiger partial charge in [0.25, 0.3) is 10.2 Å². The maximum atomic E-state index is 12.9. The molecule has 1 aromatic carbocycles. The second-order valence-electron chi connectivity index (χ2n) is 7.00. The molecule has 9 nitrogen and oxygen atoms in total. The molecule has 0 amide bonds. The van der Waals surface area contributed by atoms with Crippen molar-refractivity contribution in [3.63, 3.8) is 0 Å². The lowest BCUT2D eigenvalue weighted by Crippen LogP contribution is -2.52. The number of nitriles is 1. The molecule has 2 heterocycles. The highest BCUT2D eigenvalue weighted by Gasteiger charge is 2.32. The minimum absolute atomic E-state index is 0.0569. The summed E-state index contributed by atoms with van der Waals surface area (Å²) < 4.78 is 71.4. The van der Waals surface area contributed by atoms with E-state index >= 15 is 0 Å². The van der Waals surface area contributed by atoms with Crippen LogP contribution in [0.15, 0.2) is 28.8 Å². The minimum atomic E-state index is -4.47. The van der Waals surface area contributed by atoms with Crippen LogP contribution in [0.2, 0.25) is 0 Å². The lowest BCUT2D eigenvalue weighted by atomic mass is 10.1. The van der Waals surface area contributed by atoms with E-state index in [0.29, 0.717) is 13.1 Å². The van der Waals surface area contributed by atoms with E-state index < -0.39 is 21.9 Å². The van der Waals surface area contributed by atoms with Crippen LogP contribution >= 0.6 is 0 Å². The molecule has 13 heteroatoms. The molecule has 0 bridgehead atoms. The van der Waals surface area contributed by atoms with Crippen molar-refractivity contribution in [2.75, 3.05) is 39.8 Å². The molecule has 1 aliphatic rings. The van der Waals surface area contributed by atoms with E-state index in [1.807, 2.05) is 11.0 Å². The number of halogens is 3. The zero-order valence-corrected chi connectivity index (χ0v) is 17.5. The summed E-state index contributed by atoms with van der Waals surface area (Å²) >= 11 is 0. The van der Waals surface area contributed by atoms with Gasteiger partial charge in [0.05, 0.1) is 18.2 Å². The minimum Gasteiger partial charge on any atom is -0.338 e. The highest BCUT2D eigenvalue weighted by molar-refractivity contribution is 7.86. The topological polar surface area (TPSA) is 107 Å². The van der Waals surface area contributed by atoms with Crippen LogP contribution in [0, 0.1) is 11.3 Å². The van der Waals surface area contributed by atoms with Crippen molar-refractivity contribution in [3.8, 4) is 17.5 Å². The molecule has 0 spiro atoms. The first-order chi connectivity index (χ1) is 14.6. The Kier molecular flexibility index (Phi) is 6.95. The van der Waals surface area contributed by atoms with Crippen molar-refractivity contribution in [3.05, 3.63) is 35.7 Å². The number of rotatable bonds is 7. The highest BCUT2D eigenvalue weighted by Crippen LogP contribution is 2.31. The summed E-state index contributed by atoms with van der Waals surface area (Å²) in [5, 5.41) is 12.4. The Balaban J connectivity index is 1.59. The molecular weight excluding hydrogens is 437 g/mol. The maximum Gasteiger partial charge on any atom is 0.416 e. The van der Waals surface area contributed by atoms with Gasteiger partial charge in [-0.3, -0.25) is 4.90 Å². The SMILES string of the molecule is CN(CCC#N)S(=O)(=O)N1CCN(Cc2nc(-c3cccc(C(F)(F)F)c3)no2)CC1. The van der Waals surface area contributed by atoms with E-state index in [0.717, 1.165) is 16.4 Å². The van der Waals surface area contributed by atoms with Crippen molar-refractivity contribution < 1.29 is 26.1 Å². The molecule has 0 unspecified atom stereocenters. The van der Waals surface area contributed by atoms with E-state index in [9.17, 15) is 21.6 Å². The smallest absolute Gasteiger partial charge is 0.338 e. The molecule has 0 radical (unpaired) electrons. The second-order valence-corrected chi connectivity index (χ2v) is 9.04. The van der Waals surface area contributed by atoms with E-state index in [2.05, 4.69) is 10.1 Å². The van der Waals surface area contributed by atoms with E-state index in [-0.39, 0.29) is 49.9 Å². The number of piperazine rings is 1. The van der Waals surface area contributed by atoms with Crippen LogP contribution in [0.5, 0.6) is 0 Å². The number of hydrogen-bond donors (Lipinski definition) is 0. The number of nitrogens with zero attached hydrogens (tertiary/aromatic N) is 6. The molecule has 0 atom stereocenters. The molecule has 1 saturated heterocycles. The van der Waals surface area contributed by atoms with Crippen LogP contribution in [0.1, 0.15) is 17.9 Å². The number of hydrogen-bond acceptors (Lipinski definition) is 7. The van der Waals surface area contributed by atoms with Gasteiger partial charge in [-0.1, -0.05) is 17.3 Å². The van der Waals surface area contributed by atoms with Gasteiger partial charge in [-0.25, -0.2) is 0 Å². The van der Waals surface area contributed by atoms with E-state index in [1.165, 1.54) is 23.5 Å². The van der Waals surface area contributed by atoms with Gasteiger partial charge in [0, 0.05) is 51.8 Å². The fourth-order valence-electron chi connectivity index (χ4n) is 3.10. The predicted octanol–water partition coefficient (Wildman–Crippen LogP) is 1.96. The van der Waals surface area contributed by atoms with E-state index in [4.69, 9.17) is 9.78 Å². The molecule has 1 fully saturated rings. The molecule has 2 aromatic rings. The first-order valence-corrected chi connectivity index (χ1v) is 10.8. The molecule has 31 heavy (non-hydrogen) atoms. The summed E-state index contributed by atoms with van der Waals surface area (Å²) in [5.41, 5.74) is -0.602. The summed E-state index contributed by atoms with van der Waals surface area (Å²) in [6.07, 6.45) is -4.35. The third-order valence-electron chi connectivity index (χ3n) is 4.86. The summed E-state index contributed by atoms with van der Waals surface area (Å²) in [7, 11) is -2.20. The van der Waals surface area contributed by atoms with Crippen LogP contribution in [0.25, 0.3) is 11.4 Å². The lowest BCUT2D eigenvalue weighted by molar-refractivity contribution is -0.137. The number of aromatic nitrogens is 2. The third kappa shape index (κ3) is 5.59. The van der Waals surface area contributed by atoms with Gasteiger partial charge in [0.15, 0.2) is 0 Å². The quantitative estimate of drug-likeness (QED) is 0.624. The molecule has 168 valence electrons. The van der Waals surface area contributed by atoms with Gasteiger partial charge in [0.1, 0.15) is 0 Å². The van der Waals surface area contributed by atoms with Crippen molar-refractivity contribution in [2.45, 2.75) is 19.1 Å². The molecule has 0 N–H and O–H groups in total. The predicted molar refractivity (Wildman–Crippen MR) is 103 cm³/mol. The Morgan fingerprint density at radius 3 is 2.61 bits per heavy atom. The van der Waals surface area contributed by atoms with Gasteiger partial charge in [0.2, 0.25) is 11.7 Å². The van der Waals surface area contributed by atoms with Gasteiger partial charge < -0.3 is 4.52 Å². The number of alkyl halides is 3. The molecule has 0 saturated carbocycles. The normalized spacial score (nSPS) is 16.5. The van der Waals surface area contributed by atoms with Crippen LogP contribution in [-0.2, 0) is 22.9 Å². The van der Waals surface area contributed by atoms with Crippen LogP contribution in [0.4, 0.5) is 13.2 Å². The van der Waals surface area contributed by atoms with Crippen LogP contribution < -0.4 is 0 Å². The van der Waals surface area contributed by atoms with Gasteiger partial charge >= 0.3 is 6.18 Å². The molecular formula is C18H21F3N6O3S. The van der Waals surface area contributed by atoms with E-state index in [1.54, 1.807) is 0 Å². The Morgan fingerprint density at radius 2 is 1.97 bits per heavy atom. The summed E-state index contributed by atoms with van der Waals surface area (Å²) in [5.74, 6) is 0.288. The molecule has 3 rings (SSSR count). The lowest BCUT2D eigenvalue weighted by Gasteiger charge is -2.35. The average Bonchev–Trinajstić information content (AvgIpc) is 3.20. The summed E-state index contributed by atoms with van der Waals surface area (Å²) in [6, 6.07) is 6.60. The molecule has 1 aliphatic heterocycles. The third-order valence-corrected chi connectivity index (χ3v) is 6.85. The monoisotopic (exact) mass is 458 g/mol. The molecule has 1 aromatic heterocycles. The van der Waals surface area contributed by atoms with Crippen LogP contribution in [0.3, 0.4) is 0 Å². The molecule has 0 aliphatic carbocycles. The van der Waals surface area contributed by atoms with Gasteiger partial charge in [-0.05, 0) is 12.1 Å². The Morgan fingerprint density at radius 1 is 1.26 bits per heavy atom. The first kappa shape index (κ1) is 23.1. The Bertz CT molecular complexity index is 1040. The zero-order valence-electron chi connectivity index (χ0n) is 16.7. The highest BCUT2D eigenvalue weighted by atomic mass is 32.2. The standard InChI is InChI=1S/C18H21F3N6O3S/c1-25(7-3-6-22)31(28,29)27-10-8-26(9-11-27)13-16-23-17(24-30-16)14-4-2-5-15(12-14)18(19,20)21/h2,4-5,12H,3,7-11,13H2,1H3. The van der Waals surface area contributed by atoms with Crippen LogP contribution in [-0.4, -0.2) is 71.8 Å². The Labute approximate surface area is 177 Å². The summed E-state index contributed by atoms with van der Waals surface area (Å²) in [6.45, 7) is 1.74. The second kappa shape index (κ2) is 9.31. The van der Waals surface area contributed by atoms with Gasteiger partial charge in [-0.2, -0.15) is 40.4 Å². The van der Waals surface area contributed by atoms with Crippen molar-refractivity contribution >= 4 is 10.2 Å². The first-order valence-electron chi connectivity index (χ1n) is 9.42. The van der Waals surface area contributed by atoms with Crippen molar-refractivity contribution in [2.24, 2.45) is 0 Å². The van der Waals surface area contributed by atoms with Crippen molar-refractivity contribution in [1.82, 2.24) is 23.7 Å². The zero-order chi connectivity index (χ0) is 22.6. The fourth-order valence-corrected chi connectivity index (χ4v) is 4.44. The largest absolute Gasteiger partial charge is 0.416 e. The fraction of sp³-hybridized carbons (Fsp3) is 0.500. The average molecular weight is 458 g/mol.